The quantitative estimate of drug-likeness (QED) is 0.890. The molecule has 2 aromatic carbocycles. The van der Waals surface area contributed by atoms with Crippen LogP contribution in [-0.2, 0) is 6.54 Å². The third-order valence-electron chi connectivity index (χ3n) is 3.00. The van der Waals surface area contributed by atoms with Gasteiger partial charge in [-0.2, -0.15) is 0 Å². The van der Waals surface area contributed by atoms with E-state index in [0.29, 0.717) is 0 Å². The predicted octanol–water partition coefficient (Wildman–Crippen LogP) is 4.23. The summed E-state index contributed by atoms with van der Waals surface area (Å²) in [4.78, 5) is 0. The van der Waals surface area contributed by atoms with Crippen LogP contribution in [0, 0.1) is 0 Å². The lowest BCUT2D eigenvalue weighted by Crippen LogP contribution is -2.12. The summed E-state index contributed by atoms with van der Waals surface area (Å²) in [5.41, 5.74) is 3.59. The van der Waals surface area contributed by atoms with Crippen molar-refractivity contribution in [2.45, 2.75) is 13.5 Å². The fraction of sp³-hybridized carbons (Fsp3) is 0.250. The molecule has 0 aliphatic heterocycles. The molecule has 2 rings (SSSR count). The van der Waals surface area contributed by atoms with E-state index in [2.05, 4.69) is 52.4 Å². The van der Waals surface area contributed by atoms with E-state index in [4.69, 9.17) is 4.74 Å². The van der Waals surface area contributed by atoms with Crippen LogP contribution < -0.4 is 10.1 Å². The Hall–Kier alpha value is -1.32. The maximum Gasteiger partial charge on any atom is 0.123 e. The number of methoxy groups -OCH3 is 1. The lowest BCUT2D eigenvalue weighted by atomic mass is 10.0. The van der Waals surface area contributed by atoms with Crippen molar-refractivity contribution in [1.82, 2.24) is 5.32 Å². The third-order valence-corrected chi connectivity index (χ3v) is 3.50. The number of benzene rings is 2. The van der Waals surface area contributed by atoms with Crippen LogP contribution in [0.1, 0.15) is 12.5 Å². The molecule has 19 heavy (non-hydrogen) atoms. The monoisotopic (exact) mass is 319 g/mol. The first-order chi connectivity index (χ1) is 9.24. The number of hydrogen-bond acceptors (Lipinski definition) is 2. The van der Waals surface area contributed by atoms with Crippen LogP contribution in [0.4, 0.5) is 0 Å². The van der Waals surface area contributed by atoms with E-state index in [-0.39, 0.29) is 0 Å². The highest BCUT2D eigenvalue weighted by molar-refractivity contribution is 9.10. The summed E-state index contributed by atoms with van der Waals surface area (Å²) in [7, 11) is 1.71. The summed E-state index contributed by atoms with van der Waals surface area (Å²) >= 11 is 3.51. The molecule has 0 amide bonds. The molecule has 0 radical (unpaired) electrons. The molecule has 100 valence electrons. The molecule has 0 aliphatic carbocycles. The highest BCUT2D eigenvalue weighted by atomic mass is 79.9. The van der Waals surface area contributed by atoms with E-state index in [1.165, 1.54) is 16.7 Å². The molecular formula is C16H18BrNO. The zero-order valence-corrected chi connectivity index (χ0v) is 12.8. The van der Waals surface area contributed by atoms with Crippen LogP contribution in [0.5, 0.6) is 5.75 Å². The topological polar surface area (TPSA) is 21.3 Å². The summed E-state index contributed by atoms with van der Waals surface area (Å²) in [6.45, 7) is 3.87. The molecule has 2 aromatic rings. The average molecular weight is 320 g/mol. The fourth-order valence-corrected chi connectivity index (χ4v) is 2.42. The normalized spacial score (nSPS) is 10.5. The Morgan fingerprint density at radius 3 is 2.58 bits per heavy atom. The highest BCUT2D eigenvalue weighted by Crippen LogP contribution is 2.28. The molecule has 0 bridgehead atoms. The molecule has 2 nitrogen and oxygen atoms in total. The molecule has 0 aromatic heterocycles. The zero-order valence-electron chi connectivity index (χ0n) is 11.2. The predicted molar refractivity (Wildman–Crippen MR) is 83.5 cm³/mol. The van der Waals surface area contributed by atoms with Crippen LogP contribution in [0.3, 0.4) is 0 Å². The number of halogens is 1. The fourth-order valence-electron chi connectivity index (χ4n) is 2.02. The first kappa shape index (κ1) is 14.1. The Labute approximate surface area is 122 Å². The van der Waals surface area contributed by atoms with Crippen molar-refractivity contribution in [2.75, 3.05) is 13.7 Å². The first-order valence-corrected chi connectivity index (χ1v) is 7.17. The largest absolute Gasteiger partial charge is 0.496 e. The van der Waals surface area contributed by atoms with Gasteiger partial charge in [-0.3, -0.25) is 0 Å². The van der Waals surface area contributed by atoms with Gasteiger partial charge >= 0.3 is 0 Å². The number of ether oxygens (including phenoxy) is 1. The SMILES string of the molecule is CCNCc1cc(-c2cccc(Br)c2)ccc1OC. The van der Waals surface area contributed by atoms with Crippen LogP contribution in [0.25, 0.3) is 11.1 Å². The van der Waals surface area contributed by atoms with Gasteiger partial charge in [0.1, 0.15) is 5.75 Å². The molecule has 1 N–H and O–H groups in total. The van der Waals surface area contributed by atoms with E-state index >= 15 is 0 Å². The molecule has 0 spiro atoms. The average Bonchev–Trinajstić information content (AvgIpc) is 2.44. The van der Waals surface area contributed by atoms with Gasteiger partial charge in [0.05, 0.1) is 7.11 Å². The van der Waals surface area contributed by atoms with Crippen molar-refractivity contribution < 1.29 is 4.74 Å². The van der Waals surface area contributed by atoms with E-state index in [1.807, 2.05) is 18.2 Å². The Morgan fingerprint density at radius 1 is 1.11 bits per heavy atom. The second-order valence-electron chi connectivity index (χ2n) is 4.32. The summed E-state index contributed by atoms with van der Waals surface area (Å²) in [6.07, 6.45) is 0. The van der Waals surface area contributed by atoms with Crippen LogP contribution in [0.15, 0.2) is 46.9 Å². The Bertz CT molecular complexity index is 554. The number of rotatable bonds is 5. The second-order valence-corrected chi connectivity index (χ2v) is 5.23. The van der Waals surface area contributed by atoms with Gasteiger partial charge in [-0.1, -0.05) is 41.1 Å². The van der Waals surface area contributed by atoms with Crippen LogP contribution in [0.2, 0.25) is 0 Å². The molecule has 0 saturated carbocycles. The van der Waals surface area contributed by atoms with Gasteiger partial charge in [0, 0.05) is 16.6 Å². The van der Waals surface area contributed by atoms with Crippen molar-refractivity contribution in [1.29, 1.82) is 0 Å². The number of nitrogens with one attached hydrogen (secondary N) is 1. The van der Waals surface area contributed by atoms with Crippen molar-refractivity contribution in [3.63, 3.8) is 0 Å². The lowest BCUT2D eigenvalue weighted by molar-refractivity contribution is 0.408. The molecule has 3 heteroatoms. The summed E-state index contributed by atoms with van der Waals surface area (Å²) in [5, 5.41) is 3.34. The van der Waals surface area contributed by atoms with Crippen LogP contribution in [-0.4, -0.2) is 13.7 Å². The summed E-state index contributed by atoms with van der Waals surface area (Å²) < 4.78 is 6.50. The van der Waals surface area contributed by atoms with Crippen LogP contribution >= 0.6 is 15.9 Å². The van der Waals surface area contributed by atoms with Crippen molar-refractivity contribution in [3.8, 4) is 16.9 Å². The Kier molecular flexibility index (Phi) is 5.00. The van der Waals surface area contributed by atoms with Gasteiger partial charge in [0.15, 0.2) is 0 Å². The smallest absolute Gasteiger partial charge is 0.123 e. The maximum atomic E-state index is 5.41. The maximum absolute atomic E-state index is 5.41. The van der Waals surface area contributed by atoms with Gasteiger partial charge in [-0.05, 0) is 41.9 Å². The third kappa shape index (κ3) is 3.58. The molecule has 0 saturated heterocycles. The molecule has 0 fully saturated rings. The zero-order chi connectivity index (χ0) is 13.7. The van der Waals surface area contributed by atoms with Gasteiger partial charge in [0.2, 0.25) is 0 Å². The van der Waals surface area contributed by atoms with Crippen molar-refractivity contribution >= 4 is 15.9 Å². The molecule has 0 heterocycles. The van der Waals surface area contributed by atoms with E-state index < -0.39 is 0 Å². The molecule has 0 aliphatic rings. The molecule has 0 atom stereocenters. The van der Waals surface area contributed by atoms with Crippen molar-refractivity contribution in [3.05, 3.63) is 52.5 Å². The first-order valence-electron chi connectivity index (χ1n) is 6.38. The Balaban J connectivity index is 2.36. The summed E-state index contributed by atoms with van der Waals surface area (Å²) in [6, 6.07) is 14.6. The number of hydrogen-bond donors (Lipinski definition) is 1. The minimum atomic E-state index is 0.821. The second kappa shape index (κ2) is 6.73. The van der Waals surface area contributed by atoms with Gasteiger partial charge < -0.3 is 10.1 Å². The minimum Gasteiger partial charge on any atom is -0.496 e. The highest BCUT2D eigenvalue weighted by Gasteiger charge is 2.06. The van der Waals surface area contributed by atoms with E-state index in [0.717, 1.165) is 23.3 Å². The van der Waals surface area contributed by atoms with Crippen molar-refractivity contribution in [2.24, 2.45) is 0 Å². The molecule has 0 unspecified atom stereocenters. The lowest BCUT2D eigenvalue weighted by Gasteiger charge is -2.11. The minimum absolute atomic E-state index is 0.821. The van der Waals surface area contributed by atoms with Gasteiger partial charge in [-0.15, -0.1) is 0 Å². The van der Waals surface area contributed by atoms with E-state index in [9.17, 15) is 0 Å². The standard InChI is InChI=1S/C16H18BrNO/c1-3-18-11-14-9-13(7-8-16(14)19-2)12-5-4-6-15(17)10-12/h4-10,18H,3,11H2,1-2H3. The molecular weight excluding hydrogens is 302 g/mol. The van der Waals surface area contributed by atoms with E-state index in [1.54, 1.807) is 7.11 Å². The summed E-state index contributed by atoms with van der Waals surface area (Å²) in [5.74, 6) is 0.930. The van der Waals surface area contributed by atoms with Gasteiger partial charge in [0.25, 0.3) is 0 Å². The Morgan fingerprint density at radius 2 is 1.89 bits per heavy atom. The van der Waals surface area contributed by atoms with Gasteiger partial charge in [-0.25, -0.2) is 0 Å².